The van der Waals surface area contributed by atoms with Crippen LogP contribution < -0.4 is 4.80 Å². The van der Waals surface area contributed by atoms with Crippen LogP contribution >= 0.6 is 11.3 Å². The zero-order valence-electron chi connectivity index (χ0n) is 15.4. The van der Waals surface area contributed by atoms with Crippen LogP contribution in [0.5, 0.6) is 0 Å². The Morgan fingerprint density at radius 1 is 1.33 bits per heavy atom. The van der Waals surface area contributed by atoms with Gasteiger partial charge in [-0.15, -0.1) is 0 Å². The first kappa shape index (κ1) is 19.0. The van der Waals surface area contributed by atoms with Gasteiger partial charge in [0.1, 0.15) is 12.4 Å². The molecular formula is C18H19FN4O3S. The van der Waals surface area contributed by atoms with E-state index in [1.807, 2.05) is 20.8 Å². The molecule has 7 nitrogen and oxygen atoms in total. The van der Waals surface area contributed by atoms with Crippen molar-refractivity contribution >= 4 is 33.4 Å². The van der Waals surface area contributed by atoms with Gasteiger partial charge in [-0.05, 0) is 45.0 Å². The molecule has 2 aromatic heterocycles. The number of amides is 1. The maximum absolute atomic E-state index is 13.6. The molecule has 2 heterocycles. The number of ether oxygens (including phenoxy) is 1. The predicted octanol–water partition coefficient (Wildman–Crippen LogP) is 2.84. The average molecular weight is 390 g/mol. The molecule has 0 aliphatic rings. The van der Waals surface area contributed by atoms with Crippen LogP contribution in [0.2, 0.25) is 0 Å². The first-order valence-electron chi connectivity index (χ1n) is 8.31. The van der Waals surface area contributed by atoms with Crippen LogP contribution in [-0.2, 0) is 16.1 Å². The summed E-state index contributed by atoms with van der Waals surface area (Å²) in [6.45, 7) is 5.67. The Labute approximate surface area is 158 Å². The Bertz CT molecular complexity index is 1090. The monoisotopic (exact) mass is 390 g/mol. The highest BCUT2D eigenvalue weighted by Gasteiger charge is 2.16. The second kappa shape index (κ2) is 7.43. The van der Waals surface area contributed by atoms with Gasteiger partial charge >= 0.3 is 5.97 Å². The molecule has 3 aromatic rings. The van der Waals surface area contributed by atoms with Crippen LogP contribution in [0.4, 0.5) is 4.39 Å². The van der Waals surface area contributed by atoms with E-state index < -0.39 is 17.7 Å². The molecular weight excluding hydrogens is 371 g/mol. The average Bonchev–Trinajstić information content (AvgIpc) is 3.15. The number of nitrogens with zero attached hydrogens (tertiary/aromatic N) is 4. The maximum Gasteiger partial charge on any atom is 0.325 e. The number of aryl methyl sites for hydroxylation is 1. The van der Waals surface area contributed by atoms with E-state index in [9.17, 15) is 14.0 Å². The standard InChI is InChI=1S/C18H19FN4O3S/c1-10(2)23-11(3)7-13(21-23)17(25)20-18-22(9-16(24)26-4)14-6-5-12(19)8-15(14)27-18/h5-8,10H,9H2,1-4H3. The number of benzene rings is 1. The minimum absolute atomic E-state index is 0.114. The van der Waals surface area contributed by atoms with Crippen LogP contribution in [-0.4, -0.2) is 33.3 Å². The topological polar surface area (TPSA) is 78.5 Å². The fourth-order valence-electron chi connectivity index (χ4n) is 2.74. The molecule has 0 aliphatic heterocycles. The summed E-state index contributed by atoms with van der Waals surface area (Å²) >= 11 is 1.12. The molecule has 0 unspecified atom stereocenters. The zero-order valence-corrected chi connectivity index (χ0v) is 16.2. The Morgan fingerprint density at radius 3 is 2.70 bits per heavy atom. The summed E-state index contributed by atoms with van der Waals surface area (Å²) in [7, 11) is 1.28. The number of carbonyl (C=O) groups excluding carboxylic acids is 2. The van der Waals surface area contributed by atoms with E-state index in [-0.39, 0.29) is 23.1 Å². The van der Waals surface area contributed by atoms with Gasteiger partial charge in [-0.25, -0.2) is 4.39 Å². The lowest BCUT2D eigenvalue weighted by Crippen LogP contribution is -2.22. The van der Waals surface area contributed by atoms with Crippen molar-refractivity contribution in [2.75, 3.05) is 7.11 Å². The van der Waals surface area contributed by atoms with Gasteiger partial charge in [0.05, 0.1) is 17.3 Å². The highest BCUT2D eigenvalue weighted by atomic mass is 32.1. The van der Waals surface area contributed by atoms with Crippen molar-refractivity contribution in [1.29, 1.82) is 0 Å². The first-order chi connectivity index (χ1) is 12.8. The van der Waals surface area contributed by atoms with Gasteiger partial charge < -0.3 is 9.30 Å². The maximum atomic E-state index is 13.6. The molecule has 0 fully saturated rings. The van der Waals surface area contributed by atoms with E-state index >= 15 is 0 Å². The van der Waals surface area contributed by atoms with Crippen molar-refractivity contribution < 1.29 is 18.7 Å². The van der Waals surface area contributed by atoms with E-state index in [1.165, 1.54) is 23.8 Å². The summed E-state index contributed by atoms with van der Waals surface area (Å²) in [4.78, 5) is 28.8. The van der Waals surface area contributed by atoms with Gasteiger partial charge in [0, 0.05) is 11.7 Å². The summed E-state index contributed by atoms with van der Waals surface area (Å²) < 4.78 is 22.1. The Morgan fingerprint density at radius 2 is 2.07 bits per heavy atom. The van der Waals surface area contributed by atoms with Gasteiger partial charge in [-0.2, -0.15) is 10.1 Å². The quantitative estimate of drug-likeness (QED) is 0.642. The van der Waals surface area contributed by atoms with E-state index in [0.29, 0.717) is 10.2 Å². The number of rotatable bonds is 4. The van der Waals surface area contributed by atoms with Crippen molar-refractivity contribution in [2.45, 2.75) is 33.4 Å². The third-order valence-corrected chi connectivity index (χ3v) is 5.03. The first-order valence-corrected chi connectivity index (χ1v) is 9.12. The molecule has 1 aromatic carbocycles. The largest absolute Gasteiger partial charge is 0.468 e. The lowest BCUT2D eigenvalue weighted by atomic mass is 10.3. The minimum Gasteiger partial charge on any atom is -0.468 e. The summed E-state index contributed by atoms with van der Waals surface area (Å²) in [5, 5.41) is 4.30. The molecule has 0 aliphatic carbocycles. The Balaban J connectivity index is 2.11. The molecule has 0 bridgehead atoms. The molecule has 0 saturated carbocycles. The minimum atomic E-state index is -0.525. The van der Waals surface area contributed by atoms with Crippen LogP contribution in [0.1, 0.15) is 36.1 Å². The third-order valence-electron chi connectivity index (χ3n) is 3.99. The number of hydrogen-bond acceptors (Lipinski definition) is 5. The molecule has 0 spiro atoms. The number of aromatic nitrogens is 3. The number of hydrogen-bond donors (Lipinski definition) is 0. The van der Waals surface area contributed by atoms with Gasteiger partial charge in [0.25, 0.3) is 5.91 Å². The Hall–Kier alpha value is -2.81. The van der Waals surface area contributed by atoms with Gasteiger partial charge in [-0.3, -0.25) is 14.3 Å². The number of fused-ring (bicyclic) bond motifs is 1. The zero-order chi connectivity index (χ0) is 19.7. The normalized spacial score (nSPS) is 12.1. The van der Waals surface area contributed by atoms with Crippen molar-refractivity contribution in [3.63, 3.8) is 0 Å². The van der Waals surface area contributed by atoms with Gasteiger partial charge in [0.15, 0.2) is 10.5 Å². The lowest BCUT2D eigenvalue weighted by molar-refractivity contribution is -0.141. The molecule has 0 radical (unpaired) electrons. The number of carbonyl (C=O) groups is 2. The molecule has 1 amide bonds. The van der Waals surface area contributed by atoms with Gasteiger partial charge in [0.2, 0.25) is 0 Å². The van der Waals surface area contributed by atoms with E-state index in [1.54, 1.807) is 16.8 Å². The molecule has 0 atom stereocenters. The lowest BCUT2D eigenvalue weighted by Gasteiger charge is -2.06. The number of thiazole rings is 1. The smallest absolute Gasteiger partial charge is 0.325 e. The summed E-state index contributed by atoms with van der Waals surface area (Å²) in [6, 6.07) is 5.97. The van der Waals surface area contributed by atoms with Crippen LogP contribution in [0.15, 0.2) is 29.3 Å². The summed E-state index contributed by atoms with van der Waals surface area (Å²) in [6.07, 6.45) is 0. The predicted molar refractivity (Wildman–Crippen MR) is 99.0 cm³/mol. The SMILES string of the molecule is COC(=O)Cn1c(=NC(=O)c2cc(C)n(C(C)C)n2)sc2cc(F)ccc21. The fourth-order valence-corrected chi connectivity index (χ4v) is 3.79. The molecule has 142 valence electrons. The summed E-state index contributed by atoms with van der Waals surface area (Å²) in [5.74, 6) is -1.42. The molecule has 9 heteroatoms. The van der Waals surface area contributed by atoms with Crippen LogP contribution in [0.25, 0.3) is 10.2 Å². The van der Waals surface area contributed by atoms with Gasteiger partial charge in [-0.1, -0.05) is 11.3 Å². The summed E-state index contributed by atoms with van der Waals surface area (Å²) in [5.41, 5.74) is 1.67. The second-order valence-corrected chi connectivity index (χ2v) is 7.29. The van der Waals surface area contributed by atoms with Crippen LogP contribution in [0.3, 0.4) is 0 Å². The van der Waals surface area contributed by atoms with Crippen molar-refractivity contribution in [3.05, 3.63) is 46.3 Å². The van der Waals surface area contributed by atoms with Crippen molar-refractivity contribution in [1.82, 2.24) is 14.3 Å². The number of esters is 1. The molecule has 0 saturated heterocycles. The third kappa shape index (κ3) is 3.82. The highest BCUT2D eigenvalue weighted by molar-refractivity contribution is 7.16. The van der Waals surface area contributed by atoms with Crippen LogP contribution in [0, 0.1) is 12.7 Å². The molecule has 0 N–H and O–H groups in total. The molecule has 3 rings (SSSR count). The fraction of sp³-hybridized carbons (Fsp3) is 0.333. The highest BCUT2D eigenvalue weighted by Crippen LogP contribution is 2.19. The van der Waals surface area contributed by atoms with E-state index in [4.69, 9.17) is 4.74 Å². The van der Waals surface area contributed by atoms with E-state index in [0.717, 1.165) is 17.0 Å². The number of methoxy groups -OCH3 is 1. The molecule has 27 heavy (non-hydrogen) atoms. The number of halogens is 1. The van der Waals surface area contributed by atoms with Crippen molar-refractivity contribution in [2.24, 2.45) is 4.99 Å². The van der Waals surface area contributed by atoms with E-state index in [2.05, 4.69) is 10.1 Å². The second-order valence-electron chi connectivity index (χ2n) is 6.29. The van der Waals surface area contributed by atoms with Crippen molar-refractivity contribution in [3.8, 4) is 0 Å². The Kier molecular flexibility index (Phi) is 5.22.